The molecular weight excluding hydrogens is 303 g/mol. The van der Waals surface area contributed by atoms with E-state index in [1.165, 1.54) is 24.0 Å². The maximum atomic E-state index is 10.5. The summed E-state index contributed by atoms with van der Waals surface area (Å²) in [6, 6.07) is 0. The molecule has 0 aromatic rings. The van der Waals surface area contributed by atoms with E-state index >= 15 is 0 Å². The second-order valence-corrected chi connectivity index (χ2v) is 4.58. The second kappa shape index (κ2) is 8.95. The van der Waals surface area contributed by atoms with E-state index in [1.807, 2.05) is 13.0 Å². The molecule has 0 aromatic heterocycles. The van der Waals surface area contributed by atoms with E-state index in [4.69, 9.17) is 4.74 Å². The van der Waals surface area contributed by atoms with Gasteiger partial charge in [-0.05, 0) is 31.8 Å². The molecule has 86 valence electrons. The highest BCUT2D eigenvalue weighted by molar-refractivity contribution is 14.1. The predicted molar refractivity (Wildman–Crippen MR) is 71.9 cm³/mol. The molecule has 0 fully saturated rings. The lowest BCUT2D eigenvalue weighted by Gasteiger charge is -2.03. The van der Waals surface area contributed by atoms with Gasteiger partial charge in [-0.25, -0.2) is 0 Å². The summed E-state index contributed by atoms with van der Waals surface area (Å²) in [7, 11) is 0. The van der Waals surface area contributed by atoms with E-state index in [2.05, 4.69) is 35.6 Å². The fraction of sp³-hybridized carbons (Fsp3) is 0.583. The highest BCUT2D eigenvalue weighted by atomic mass is 127. The summed E-state index contributed by atoms with van der Waals surface area (Å²) in [5, 5.41) is 0. The molecular formula is C12H19IO2. The lowest BCUT2D eigenvalue weighted by Crippen LogP contribution is -1.93. The van der Waals surface area contributed by atoms with Crippen molar-refractivity contribution in [2.75, 3.05) is 4.43 Å². The van der Waals surface area contributed by atoms with Gasteiger partial charge in [0, 0.05) is 11.4 Å². The van der Waals surface area contributed by atoms with E-state index in [9.17, 15) is 4.79 Å². The molecule has 2 nitrogen and oxygen atoms in total. The Balaban J connectivity index is 3.78. The summed E-state index contributed by atoms with van der Waals surface area (Å²) in [6.07, 6.45) is 7.72. The zero-order valence-electron chi connectivity index (χ0n) is 9.63. The van der Waals surface area contributed by atoms with Gasteiger partial charge in [-0.15, -0.1) is 0 Å². The first-order valence-electron chi connectivity index (χ1n) is 5.12. The lowest BCUT2D eigenvalue weighted by atomic mass is 10.1. The topological polar surface area (TPSA) is 26.3 Å². The van der Waals surface area contributed by atoms with E-state index < -0.39 is 0 Å². The minimum atomic E-state index is -0.280. The molecule has 0 rings (SSSR count). The van der Waals surface area contributed by atoms with E-state index in [0.29, 0.717) is 0 Å². The van der Waals surface area contributed by atoms with Gasteiger partial charge in [-0.3, -0.25) is 4.79 Å². The van der Waals surface area contributed by atoms with Crippen molar-refractivity contribution in [3.8, 4) is 0 Å². The molecule has 0 spiro atoms. The third-order valence-electron chi connectivity index (χ3n) is 1.95. The van der Waals surface area contributed by atoms with Crippen molar-refractivity contribution in [1.29, 1.82) is 0 Å². The van der Waals surface area contributed by atoms with E-state index in [1.54, 1.807) is 0 Å². The van der Waals surface area contributed by atoms with Crippen LogP contribution in [0.5, 0.6) is 0 Å². The number of ether oxygens (including phenoxy) is 1. The zero-order valence-corrected chi connectivity index (χ0v) is 11.8. The van der Waals surface area contributed by atoms with Crippen LogP contribution in [0.4, 0.5) is 0 Å². The fourth-order valence-electron chi connectivity index (χ4n) is 0.978. The molecule has 3 heteroatoms. The number of halogens is 1. The average Bonchev–Trinajstić information content (AvgIpc) is 2.17. The standard InChI is InChI=1S/C12H19IO2/c1-10(7-8-15-12(3)14)5-4-6-11(2)9-13/h5,7-8,11H,4,6,9H2,1-3H3/b8-7+,10-5+. The molecule has 0 saturated heterocycles. The highest BCUT2D eigenvalue weighted by Crippen LogP contribution is 2.10. The quantitative estimate of drug-likeness (QED) is 0.244. The van der Waals surface area contributed by atoms with Crippen LogP contribution in [0.3, 0.4) is 0 Å². The molecule has 0 aliphatic rings. The van der Waals surface area contributed by atoms with Gasteiger partial charge in [0.2, 0.25) is 0 Å². The van der Waals surface area contributed by atoms with Gasteiger partial charge in [0.25, 0.3) is 0 Å². The summed E-state index contributed by atoms with van der Waals surface area (Å²) in [5.74, 6) is 0.490. The number of hydrogen-bond donors (Lipinski definition) is 0. The molecule has 0 aromatic carbocycles. The predicted octanol–water partition coefficient (Wildman–Crippen LogP) is 3.86. The van der Waals surface area contributed by atoms with Gasteiger partial charge in [0.05, 0.1) is 6.26 Å². The van der Waals surface area contributed by atoms with Crippen molar-refractivity contribution < 1.29 is 9.53 Å². The Bertz CT molecular complexity index is 244. The Morgan fingerprint density at radius 1 is 1.47 bits per heavy atom. The van der Waals surface area contributed by atoms with Crippen LogP contribution in [0.1, 0.15) is 33.6 Å². The summed E-state index contributed by atoms with van der Waals surface area (Å²) in [5.41, 5.74) is 1.14. The lowest BCUT2D eigenvalue weighted by molar-refractivity contribution is -0.135. The minimum absolute atomic E-state index is 0.280. The van der Waals surface area contributed by atoms with Crippen LogP contribution in [0.2, 0.25) is 0 Å². The van der Waals surface area contributed by atoms with Crippen molar-refractivity contribution in [1.82, 2.24) is 0 Å². The number of allylic oxidation sites excluding steroid dienone is 3. The normalized spacial score (nSPS) is 14.3. The van der Waals surface area contributed by atoms with Crippen LogP contribution in [-0.2, 0) is 9.53 Å². The Kier molecular flexibility index (Phi) is 8.76. The van der Waals surface area contributed by atoms with Gasteiger partial charge in [0.15, 0.2) is 0 Å². The van der Waals surface area contributed by atoms with Gasteiger partial charge < -0.3 is 4.74 Å². The smallest absolute Gasteiger partial charge is 0.307 e. The molecule has 0 N–H and O–H groups in total. The zero-order chi connectivity index (χ0) is 11.7. The monoisotopic (exact) mass is 322 g/mol. The molecule has 1 unspecified atom stereocenters. The minimum Gasteiger partial charge on any atom is -0.435 e. The van der Waals surface area contributed by atoms with Crippen LogP contribution >= 0.6 is 22.6 Å². The molecule has 0 aliphatic carbocycles. The fourth-order valence-corrected chi connectivity index (χ4v) is 1.42. The van der Waals surface area contributed by atoms with Crippen molar-refractivity contribution in [2.24, 2.45) is 5.92 Å². The van der Waals surface area contributed by atoms with Crippen LogP contribution in [-0.4, -0.2) is 10.4 Å². The molecule has 0 heterocycles. The molecule has 0 aliphatic heterocycles. The van der Waals surface area contributed by atoms with Crippen LogP contribution in [0, 0.1) is 5.92 Å². The Labute approximate surface area is 106 Å². The summed E-state index contributed by atoms with van der Waals surface area (Å²) < 4.78 is 5.90. The number of alkyl halides is 1. The van der Waals surface area contributed by atoms with Crippen LogP contribution < -0.4 is 0 Å². The van der Waals surface area contributed by atoms with Crippen molar-refractivity contribution in [2.45, 2.75) is 33.6 Å². The number of hydrogen-bond acceptors (Lipinski definition) is 2. The van der Waals surface area contributed by atoms with Crippen molar-refractivity contribution in [3.05, 3.63) is 24.0 Å². The highest BCUT2D eigenvalue weighted by Gasteiger charge is 1.96. The second-order valence-electron chi connectivity index (χ2n) is 3.70. The van der Waals surface area contributed by atoms with Crippen LogP contribution in [0.15, 0.2) is 24.0 Å². The van der Waals surface area contributed by atoms with Crippen molar-refractivity contribution >= 4 is 28.6 Å². The maximum absolute atomic E-state index is 10.5. The molecule has 0 amide bonds. The maximum Gasteiger partial charge on any atom is 0.307 e. The average molecular weight is 322 g/mol. The number of carbonyl (C=O) groups excluding carboxylic acids is 1. The molecule has 15 heavy (non-hydrogen) atoms. The van der Waals surface area contributed by atoms with Gasteiger partial charge in [0.1, 0.15) is 0 Å². The molecule has 0 saturated carbocycles. The third kappa shape index (κ3) is 9.97. The largest absolute Gasteiger partial charge is 0.435 e. The van der Waals surface area contributed by atoms with Crippen molar-refractivity contribution in [3.63, 3.8) is 0 Å². The first-order chi connectivity index (χ1) is 7.06. The SMILES string of the molecule is CC(=O)O/C=C/C(C)=C/CCC(C)CI. The summed E-state index contributed by atoms with van der Waals surface area (Å²) in [4.78, 5) is 10.5. The first kappa shape index (κ1) is 14.7. The van der Waals surface area contributed by atoms with E-state index in [0.717, 1.165) is 17.9 Å². The van der Waals surface area contributed by atoms with Gasteiger partial charge in [-0.2, -0.15) is 0 Å². The van der Waals surface area contributed by atoms with E-state index in [-0.39, 0.29) is 5.97 Å². The number of esters is 1. The Morgan fingerprint density at radius 2 is 2.13 bits per heavy atom. The summed E-state index contributed by atoms with van der Waals surface area (Å²) >= 11 is 2.41. The Hall–Kier alpha value is -0.320. The van der Waals surface area contributed by atoms with Gasteiger partial charge in [-0.1, -0.05) is 41.2 Å². The van der Waals surface area contributed by atoms with Crippen LogP contribution in [0.25, 0.3) is 0 Å². The first-order valence-corrected chi connectivity index (χ1v) is 6.65. The molecule has 1 atom stereocenters. The molecule has 0 radical (unpaired) electrons. The third-order valence-corrected chi connectivity index (χ3v) is 3.46. The Morgan fingerprint density at radius 3 is 2.67 bits per heavy atom. The van der Waals surface area contributed by atoms with Gasteiger partial charge >= 0.3 is 5.97 Å². The number of carbonyl (C=O) groups is 1. The number of rotatable bonds is 6. The summed E-state index contributed by atoms with van der Waals surface area (Å²) in [6.45, 7) is 5.66. The molecule has 0 bridgehead atoms.